The standard InChI is InChI=1S/C26H35N5O3/c1-20-9-6-12-24(27-20)28-25(33)13-7-14-26(34)30-18-17-29(3)15-8-16-31(21(2)32)23-11-5-4-10-22(23)19-30/h4-6,9-12H,7-8,13-19H2,1-3H3,(H,27,28,33). The molecule has 0 atom stereocenters. The first kappa shape index (κ1) is 25.4. The summed E-state index contributed by atoms with van der Waals surface area (Å²) >= 11 is 0. The fourth-order valence-corrected chi connectivity index (χ4v) is 4.13. The number of anilines is 2. The first-order valence-electron chi connectivity index (χ1n) is 11.9. The lowest BCUT2D eigenvalue weighted by Gasteiger charge is -2.27. The lowest BCUT2D eigenvalue weighted by molar-refractivity contribution is -0.132. The number of hydrogen-bond acceptors (Lipinski definition) is 5. The molecule has 0 spiro atoms. The van der Waals surface area contributed by atoms with Crippen LogP contribution in [0.3, 0.4) is 0 Å². The van der Waals surface area contributed by atoms with Crippen LogP contribution in [-0.4, -0.2) is 65.7 Å². The largest absolute Gasteiger partial charge is 0.337 e. The van der Waals surface area contributed by atoms with Gasteiger partial charge < -0.3 is 20.0 Å². The van der Waals surface area contributed by atoms with Crippen LogP contribution in [0, 0.1) is 6.92 Å². The lowest BCUT2D eigenvalue weighted by atomic mass is 10.1. The Hall–Kier alpha value is -3.26. The van der Waals surface area contributed by atoms with E-state index in [2.05, 4.69) is 15.2 Å². The van der Waals surface area contributed by atoms with Gasteiger partial charge >= 0.3 is 0 Å². The van der Waals surface area contributed by atoms with Crippen molar-refractivity contribution in [1.82, 2.24) is 14.8 Å². The average molecular weight is 466 g/mol. The number of rotatable bonds is 5. The van der Waals surface area contributed by atoms with Crippen LogP contribution in [-0.2, 0) is 20.9 Å². The number of carbonyl (C=O) groups excluding carboxylic acids is 3. The first-order chi connectivity index (χ1) is 16.3. The molecular formula is C26H35N5O3. The SMILES string of the molecule is CC(=O)N1CCCN(C)CCN(C(=O)CCCC(=O)Nc2cccc(C)n2)Cc2ccccc21. The molecule has 1 aromatic heterocycles. The fraction of sp³-hybridized carbons (Fsp3) is 0.462. The molecule has 1 aliphatic heterocycles. The molecule has 0 fully saturated rings. The van der Waals surface area contributed by atoms with Gasteiger partial charge in [-0.15, -0.1) is 0 Å². The number of pyridine rings is 1. The van der Waals surface area contributed by atoms with E-state index in [9.17, 15) is 14.4 Å². The molecule has 0 saturated heterocycles. The van der Waals surface area contributed by atoms with E-state index in [1.807, 2.05) is 55.3 Å². The Morgan fingerprint density at radius 3 is 2.53 bits per heavy atom. The van der Waals surface area contributed by atoms with Crippen molar-refractivity contribution in [3.05, 3.63) is 53.7 Å². The predicted octanol–water partition coefficient (Wildman–Crippen LogP) is 3.22. The summed E-state index contributed by atoms with van der Waals surface area (Å²) in [6.45, 7) is 6.74. The van der Waals surface area contributed by atoms with Gasteiger partial charge in [0.1, 0.15) is 5.82 Å². The minimum Gasteiger partial charge on any atom is -0.337 e. The summed E-state index contributed by atoms with van der Waals surface area (Å²) < 4.78 is 0. The van der Waals surface area contributed by atoms with Gasteiger partial charge in [-0.05, 0) is 57.1 Å². The molecular weight excluding hydrogens is 430 g/mol. The number of nitrogens with one attached hydrogen (secondary N) is 1. The van der Waals surface area contributed by atoms with Crippen LogP contribution in [0.25, 0.3) is 0 Å². The Kier molecular flexibility index (Phi) is 9.16. The smallest absolute Gasteiger partial charge is 0.225 e. The highest BCUT2D eigenvalue weighted by atomic mass is 16.2. The van der Waals surface area contributed by atoms with Gasteiger partial charge in [-0.2, -0.15) is 0 Å². The number of amides is 3. The zero-order valence-electron chi connectivity index (χ0n) is 20.4. The van der Waals surface area contributed by atoms with E-state index >= 15 is 0 Å². The molecule has 0 saturated carbocycles. The van der Waals surface area contributed by atoms with E-state index in [1.54, 1.807) is 17.9 Å². The van der Waals surface area contributed by atoms with E-state index in [0.717, 1.165) is 36.5 Å². The monoisotopic (exact) mass is 465 g/mol. The van der Waals surface area contributed by atoms with Gasteiger partial charge in [0, 0.05) is 57.3 Å². The molecule has 182 valence electrons. The van der Waals surface area contributed by atoms with E-state index in [0.29, 0.717) is 31.9 Å². The Labute approximate surface area is 201 Å². The molecule has 0 bridgehead atoms. The van der Waals surface area contributed by atoms with E-state index in [4.69, 9.17) is 0 Å². The van der Waals surface area contributed by atoms with Crippen molar-refractivity contribution in [2.45, 2.75) is 46.1 Å². The van der Waals surface area contributed by atoms with Crippen molar-refractivity contribution in [2.75, 3.05) is 43.4 Å². The fourth-order valence-electron chi connectivity index (χ4n) is 4.13. The van der Waals surface area contributed by atoms with Crippen LogP contribution in [0.4, 0.5) is 11.5 Å². The van der Waals surface area contributed by atoms with Gasteiger partial charge in [0.25, 0.3) is 0 Å². The number of para-hydroxylation sites is 1. The van der Waals surface area contributed by atoms with E-state index in [1.165, 1.54) is 0 Å². The minimum atomic E-state index is -0.148. The maximum atomic E-state index is 13.1. The Balaban J connectivity index is 1.65. The van der Waals surface area contributed by atoms with Crippen LogP contribution in [0.1, 0.15) is 43.9 Å². The summed E-state index contributed by atoms with van der Waals surface area (Å²) in [6, 6.07) is 13.3. The summed E-state index contributed by atoms with van der Waals surface area (Å²) in [5, 5.41) is 2.79. The molecule has 1 aliphatic rings. The second kappa shape index (κ2) is 12.3. The lowest BCUT2D eigenvalue weighted by Crippen LogP contribution is -2.37. The van der Waals surface area contributed by atoms with Crippen LogP contribution in [0.15, 0.2) is 42.5 Å². The zero-order valence-corrected chi connectivity index (χ0v) is 20.4. The van der Waals surface area contributed by atoms with Crippen LogP contribution in [0.2, 0.25) is 0 Å². The average Bonchev–Trinajstić information content (AvgIpc) is 2.82. The van der Waals surface area contributed by atoms with E-state index in [-0.39, 0.29) is 30.6 Å². The van der Waals surface area contributed by atoms with Gasteiger partial charge in [0.05, 0.1) is 0 Å². The molecule has 0 radical (unpaired) electrons. The summed E-state index contributed by atoms with van der Waals surface area (Å²) in [4.78, 5) is 47.9. The maximum absolute atomic E-state index is 13.1. The number of hydrogen-bond donors (Lipinski definition) is 1. The molecule has 0 aliphatic carbocycles. The Morgan fingerprint density at radius 2 is 1.76 bits per heavy atom. The van der Waals surface area contributed by atoms with Crippen LogP contribution >= 0.6 is 0 Å². The van der Waals surface area contributed by atoms with Crippen molar-refractivity contribution in [3.8, 4) is 0 Å². The highest BCUT2D eigenvalue weighted by molar-refractivity contribution is 5.92. The Morgan fingerprint density at radius 1 is 0.971 bits per heavy atom. The molecule has 0 unspecified atom stereocenters. The van der Waals surface area contributed by atoms with Crippen molar-refractivity contribution < 1.29 is 14.4 Å². The zero-order chi connectivity index (χ0) is 24.5. The summed E-state index contributed by atoms with van der Waals surface area (Å²) in [7, 11) is 2.04. The van der Waals surface area contributed by atoms with Crippen molar-refractivity contribution >= 4 is 29.2 Å². The van der Waals surface area contributed by atoms with Gasteiger partial charge in [-0.3, -0.25) is 14.4 Å². The van der Waals surface area contributed by atoms with Gasteiger partial charge in [0.15, 0.2) is 0 Å². The number of fused-ring (bicyclic) bond motifs is 1. The van der Waals surface area contributed by atoms with Crippen molar-refractivity contribution in [2.24, 2.45) is 0 Å². The number of benzene rings is 1. The third-order valence-electron chi connectivity index (χ3n) is 6.00. The van der Waals surface area contributed by atoms with E-state index < -0.39 is 0 Å². The summed E-state index contributed by atoms with van der Waals surface area (Å²) in [6.07, 6.45) is 1.87. The topological polar surface area (TPSA) is 85.9 Å². The predicted molar refractivity (Wildman–Crippen MR) is 133 cm³/mol. The Bertz CT molecular complexity index is 1010. The maximum Gasteiger partial charge on any atom is 0.225 e. The second-order valence-corrected chi connectivity index (χ2v) is 8.84. The molecule has 34 heavy (non-hydrogen) atoms. The normalized spacial score (nSPS) is 15.3. The number of carbonyl (C=O) groups is 3. The van der Waals surface area contributed by atoms with Crippen LogP contribution in [0.5, 0.6) is 0 Å². The van der Waals surface area contributed by atoms with Gasteiger partial charge in [-0.1, -0.05) is 24.3 Å². The molecule has 8 heteroatoms. The quantitative estimate of drug-likeness (QED) is 0.733. The number of aromatic nitrogens is 1. The van der Waals surface area contributed by atoms with Crippen molar-refractivity contribution in [3.63, 3.8) is 0 Å². The van der Waals surface area contributed by atoms with Gasteiger partial charge in [-0.25, -0.2) is 4.98 Å². The minimum absolute atomic E-state index is 0.00124. The highest BCUT2D eigenvalue weighted by Gasteiger charge is 2.21. The highest BCUT2D eigenvalue weighted by Crippen LogP contribution is 2.24. The molecule has 3 amide bonds. The molecule has 2 heterocycles. The number of nitrogens with zero attached hydrogens (tertiary/aromatic N) is 4. The third-order valence-corrected chi connectivity index (χ3v) is 6.00. The molecule has 1 aromatic carbocycles. The summed E-state index contributed by atoms with van der Waals surface area (Å²) in [5.41, 5.74) is 2.66. The van der Waals surface area contributed by atoms with Crippen LogP contribution < -0.4 is 10.2 Å². The number of aryl methyl sites for hydroxylation is 1. The molecule has 2 aromatic rings. The van der Waals surface area contributed by atoms with Crippen molar-refractivity contribution in [1.29, 1.82) is 0 Å². The molecule has 3 rings (SSSR count). The molecule has 8 nitrogen and oxygen atoms in total. The first-order valence-corrected chi connectivity index (χ1v) is 11.9. The summed E-state index contributed by atoms with van der Waals surface area (Å²) in [5.74, 6) is 0.392. The molecule has 1 N–H and O–H groups in total. The second-order valence-electron chi connectivity index (χ2n) is 8.84. The third kappa shape index (κ3) is 7.38. The van der Waals surface area contributed by atoms with Gasteiger partial charge in [0.2, 0.25) is 17.7 Å². The number of likely N-dealkylation sites (N-methyl/N-ethyl adjacent to an activating group) is 1.